The second-order valence-corrected chi connectivity index (χ2v) is 22.8. The van der Waals surface area contributed by atoms with E-state index < -0.39 is 31.3 Å². The smallest absolute Gasteiger partial charge is 0.410 e. The molecule has 2 saturated heterocycles. The Kier molecular flexibility index (Phi) is 10.8. The van der Waals surface area contributed by atoms with E-state index in [1.807, 2.05) is 39.5 Å². The molecule has 11 heteroatoms. The van der Waals surface area contributed by atoms with Gasteiger partial charge in [-0.25, -0.2) is 23.4 Å². The number of aromatic nitrogens is 2. The monoisotopic (exact) mass is 768 g/mol. The number of fused-ring (bicyclic) bond motifs is 4. The maximum atomic E-state index is 17.5. The first kappa shape index (κ1) is 40.1. The Balaban J connectivity index is 1.55. The number of hydrogen-bond acceptors (Lipinski definition) is 7. The van der Waals surface area contributed by atoms with Crippen molar-refractivity contribution in [2.75, 3.05) is 25.1 Å². The first-order chi connectivity index (χ1) is 25.8. The van der Waals surface area contributed by atoms with Crippen LogP contribution in [0.3, 0.4) is 0 Å². The molecule has 2 unspecified atom stereocenters. The van der Waals surface area contributed by atoms with Crippen LogP contribution in [0.2, 0.25) is 16.6 Å². The average molecular weight is 769 g/mol. The third kappa shape index (κ3) is 7.07. The Hall–Kier alpha value is -4.56. The van der Waals surface area contributed by atoms with Crippen LogP contribution in [-0.4, -0.2) is 72.9 Å². The van der Waals surface area contributed by atoms with E-state index >= 15 is 8.78 Å². The highest BCUT2D eigenvalue weighted by Crippen LogP contribution is 2.43. The summed E-state index contributed by atoms with van der Waals surface area (Å²) in [6.07, 6.45) is 2.98. The first-order valence-corrected chi connectivity index (χ1v) is 21.6. The number of halogens is 2. The Bertz CT molecular complexity index is 2220. The predicted molar refractivity (Wildman–Crippen MR) is 218 cm³/mol. The Morgan fingerprint density at radius 1 is 0.945 bits per heavy atom. The molecular weight excluding hydrogens is 715 g/mol. The summed E-state index contributed by atoms with van der Waals surface area (Å²) in [6, 6.07) is 5.96. The Morgan fingerprint density at radius 2 is 1.56 bits per heavy atom. The molecule has 4 heterocycles. The summed E-state index contributed by atoms with van der Waals surface area (Å²) in [5, 5.41) is 1.80. The Morgan fingerprint density at radius 3 is 2.13 bits per heavy atom. The van der Waals surface area contributed by atoms with Gasteiger partial charge in [0.25, 0.3) is 0 Å². The number of benzene rings is 2. The van der Waals surface area contributed by atoms with Crippen molar-refractivity contribution in [3.8, 4) is 22.7 Å². The number of ether oxygens (including phenoxy) is 2. The quantitative estimate of drug-likeness (QED) is 0.110. The van der Waals surface area contributed by atoms with Crippen molar-refractivity contribution < 1.29 is 27.8 Å². The van der Waals surface area contributed by atoms with Gasteiger partial charge in [0, 0.05) is 46.7 Å². The highest BCUT2D eigenvalue weighted by Gasteiger charge is 2.45. The minimum Gasteiger partial charge on any atom is -0.465 e. The van der Waals surface area contributed by atoms with Gasteiger partial charge in [0.2, 0.25) is 0 Å². The maximum absolute atomic E-state index is 17.5. The van der Waals surface area contributed by atoms with E-state index in [0.29, 0.717) is 68.3 Å². The summed E-state index contributed by atoms with van der Waals surface area (Å²) in [6.45, 7) is 23.5. The van der Waals surface area contributed by atoms with E-state index in [-0.39, 0.29) is 40.6 Å². The number of carbonyl (C=O) groups excluding carboxylic acids is 2. The molecule has 6 rings (SSSR count). The van der Waals surface area contributed by atoms with Gasteiger partial charge in [-0.05, 0) is 93.2 Å². The SMILES string of the molecule is COC(=O)c1cc(-c2ncc3c(N4CC5CCC(C4)N5C(=O)OC(C)(C)C)nc(C)c(C)c3c2F)c2c(C#C[Si](C(C)C)(C(C)C)C(C)C)c(F)ccc2c1. The van der Waals surface area contributed by atoms with Crippen molar-refractivity contribution in [3.63, 3.8) is 0 Å². The number of carbonyl (C=O) groups is 2. The highest BCUT2D eigenvalue weighted by molar-refractivity contribution is 6.90. The zero-order chi connectivity index (χ0) is 40.3. The van der Waals surface area contributed by atoms with Gasteiger partial charge in [0.15, 0.2) is 5.82 Å². The van der Waals surface area contributed by atoms with Gasteiger partial charge >= 0.3 is 12.1 Å². The lowest BCUT2D eigenvalue weighted by molar-refractivity contribution is 0.0122. The molecule has 4 aromatic rings. The number of rotatable bonds is 6. The second kappa shape index (κ2) is 14.8. The number of hydrogen-bond donors (Lipinski definition) is 0. The minimum absolute atomic E-state index is 0.0218. The number of aryl methyl sites for hydroxylation is 2. The first-order valence-electron chi connectivity index (χ1n) is 19.4. The third-order valence-electron chi connectivity index (χ3n) is 11.9. The fraction of sp³-hybridized carbons (Fsp3) is 0.500. The zero-order valence-electron chi connectivity index (χ0n) is 34.3. The second-order valence-electron chi connectivity index (χ2n) is 17.2. The molecule has 8 nitrogen and oxygen atoms in total. The lowest BCUT2D eigenvalue weighted by Gasteiger charge is -2.42. The number of piperazine rings is 1. The summed E-state index contributed by atoms with van der Waals surface area (Å²) in [4.78, 5) is 39.9. The van der Waals surface area contributed by atoms with Gasteiger partial charge in [0.05, 0.1) is 30.3 Å². The molecule has 2 aliphatic rings. The number of methoxy groups -OCH3 is 1. The van der Waals surface area contributed by atoms with E-state index in [1.165, 1.54) is 19.2 Å². The molecule has 2 fully saturated rings. The highest BCUT2D eigenvalue weighted by atomic mass is 28.3. The van der Waals surface area contributed by atoms with Gasteiger partial charge in [0.1, 0.15) is 31.0 Å². The van der Waals surface area contributed by atoms with Crippen LogP contribution >= 0.6 is 0 Å². The molecule has 2 aliphatic heterocycles. The number of nitrogens with zero attached hydrogens (tertiary/aromatic N) is 4. The van der Waals surface area contributed by atoms with E-state index in [9.17, 15) is 9.59 Å². The van der Waals surface area contributed by atoms with Crippen LogP contribution in [0.25, 0.3) is 32.8 Å². The molecule has 55 heavy (non-hydrogen) atoms. The van der Waals surface area contributed by atoms with E-state index in [2.05, 4.69) is 57.9 Å². The van der Waals surface area contributed by atoms with E-state index in [0.717, 1.165) is 12.8 Å². The molecule has 0 radical (unpaired) electrons. The minimum atomic E-state index is -2.29. The molecule has 0 saturated carbocycles. The zero-order valence-corrected chi connectivity index (χ0v) is 35.3. The largest absolute Gasteiger partial charge is 0.465 e. The summed E-state index contributed by atoms with van der Waals surface area (Å²) >= 11 is 0. The molecule has 2 bridgehead atoms. The van der Waals surface area contributed by atoms with E-state index in [4.69, 9.17) is 19.4 Å². The molecular formula is C44H54F2N4O4Si. The van der Waals surface area contributed by atoms with Crippen molar-refractivity contribution in [1.82, 2.24) is 14.9 Å². The van der Waals surface area contributed by atoms with Crippen LogP contribution < -0.4 is 4.90 Å². The summed E-state index contributed by atoms with van der Waals surface area (Å²) in [5.41, 5.74) is 5.86. The van der Waals surface area contributed by atoms with Gasteiger partial charge in [-0.15, -0.1) is 5.54 Å². The van der Waals surface area contributed by atoms with Crippen LogP contribution in [0.1, 0.15) is 102 Å². The average Bonchev–Trinajstić information content (AvgIpc) is 3.38. The molecule has 0 spiro atoms. The van der Waals surface area contributed by atoms with Crippen molar-refractivity contribution in [1.29, 1.82) is 0 Å². The van der Waals surface area contributed by atoms with Crippen molar-refractivity contribution >= 4 is 47.5 Å². The lowest BCUT2D eigenvalue weighted by atomic mass is 9.93. The number of amides is 1. The van der Waals surface area contributed by atoms with Crippen molar-refractivity contribution in [2.45, 2.75) is 123 Å². The standard InChI is InChI=1S/C44H54F2N4O4Si/c1-24(2)55(25(3)4,26(5)6)18-17-33-36(45)16-13-29-19-30(42(51)53-12)20-34(38(29)33)40-39(46)37-27(7)28(8)48-41(35(37)21-47-40)49-22-31-14-15-32(23-49)50(31)43(52)54-44(9,10)11/h13,16,19-21,24-26,31-32H,14-15,22-23H2,1-12H3. The van der Waals surface area contributed by atoms with Crippen LogP contribution in [-0.2, 0) is 9.47 Å². The van der Waals surface area contributed by atoms with E-state index in [1.54, 1.807) is 18.3 Å². The predicted octanol–water partition coefficient (Wildman–Crippen LogP) is 10.3. The molecule has 2 aromatic heterocycles. The number of anilines is 1. The van der Waals surface area contributed by atoms with Crippen LogP contribution in [0.5, 0.6) is 0 Å². The number of pyridine rings is 2. The van der Waals surface area contributed by atoms with Crippen LogP contribution in [0, 0.1) is 36.9 Å². The molecule has 2 atom stereocenters. The lowest BCUT2D eigenvalue weighted by Crippen LogP contribution is -2.57. The fourth-order valence-corrected chi connectivity index (χ4v) is 14.4. The van der Waals surface area contributed by atoms with Gasteiger partial charge in [-0.3, -0.25) is 9.88 Å². The Labute approximate surface area is 325 Å². The maximum Gasteiger partial charge on any atom is 0.410 e. The number of esters is 1. The molecule has 2 aromatic carbocycles. The van der Waals surface area contributed by atoms with Crippen molar-refractivity contribution in [2.24, 2.45) is 0 Å². The topological polar surface area (TPSA) is 84.9 Å². The van der Waals surface area contributed by atoms with Gasteiger partial charge in [-0.1, -0.05) is 53.5 Å². The van der Waals surface area contributed by atoms with Crippen molar-refractivity contribution in [3.05, 3.63) is 64.5 Å². The summed E-state index contributed by atoms with van der Waals surface area (Å²) < 4.78 is 44.5. The van der Waals surface area contributed by atoms with Crippen LogP contribution in [0.4, 0.5) is 19.4 Å². The molecule has 0 N–H and O–H groups in total. The molecule has 1 amide bonds. The normalized spacial score (nSPS) is 17.4. The van der Waals surface area contributed by atoms with Gasteiger partial charge < -0.3 is 14.4 Å². The van der Waals surface area contributed by atoms with Gasteiger partial charge in [-0.2, -0.15) is 0 Å². The summed E-state index contributed by atoms with van der Waals surface area (Å²) in [5.74, 6) is 2.17. The van der Waals surface area contributed by atoms with Crippen LogP contribution in [0.15, 0.2) is 30.5 Å². The molecule has 292 valence electrons. The molecule has 0 aliphatic carbocycles. The summed E-state index contributed by atoms with van der Waals surface area (Å²) in [7, 11) is -1.01. The fourth-order valence-electron chi connectivity index (χ4n) is 9.21. The third-order valence-corrected chi connectivity index (χ3v) is 18.1.